The number of rotatable bonds is 5. The summed E-state index contributed by atoms with van der Waals surface area (Å²) in [6.07, 6.45) is 1.54. The molecule has 1 aliphatic rings. The molecule has 20 heavy (non-hydrogen) atoms. The van der Waals surface area contributed by atoms with Crippen LogP contribution in [0.4, 0.5) is 5.69 Å². The molecule has 0 aliphatic carbocycles. The van der Waals surface area contributed by atoms with Gasteiger partial charge in [0, 0.05) is 25.1 Å². The third-order valence-electron chi connectivity index (χ3n) is 3.63. The zero-order valence-electron chi connectivity index (χ0n) is 11.7. The number of carbonyl (C=O) groups is 2. The molecule has 1 saturated heterocycles. The first-order valence-corrected chi connectivity index (χ1v) is 6.80. The first-order chi connectivity index (χ1) is 9.63. The molecule has 0 bridgehead atoms. The second-order valence-electron chi connectivity index (χ2n) is 5.05. The number of ether oxygens (including phenoxy) is 1. The molecule has 1 aliphatic heterocycles. The van der Waals surface area contributed by atoms with Gasteiger partial charge >= 0.3 is 5.97 Å². The van der Waals surface area contributed by atoms with Gasteiger partial charge in [0.1, 0.15) is 0 Å². The largest absolute Gasteiger partial charge is 0.469 e. The van der Waals surface area contributed by atoms with Gasteiger partial charge in [0.2, 0.25) is 5.91 Å². The number of carbonyl (C=O) groups excluding carboxylic acids is 2. The molecular weight excluding hydrogens is 256 g/mol. The minimum atomic E-state index is -0.213. The Kier molecular flexibility index (Phi) is 4.74. The number of hydrogen-bond acceptors (Lipinski definition) is 4. The second-order valence-corrected chi connectivity index (χ2v) is 5.05. The average Bonchev–Trinajstić information content (AvgIpc) is 2.86. The van der Waals surface area contributed by atoms with Gasteiger partial charge in [-0.1, -0.05) is 12.1 Å². The second kappa shape index (κ2) is 6.52. The summed E-state index contributed by atoms with van der Waals surface area (Å²) < 4.78 is 4.61. The van der Waals surface area contributed by atoms with Crippen molar-refractivity contribution in [2.24, 2.45) is 11.7 Å². The standard InChI is InChI=1S/C15H20N2O3/c1-20-15(19)7-4-11-2-5-13(6-3-11)17-10-12(9-16)8-14(17)18/h2-3,5-6,12H,4,7-10,16H2,1H3. The van der Waals surface area contributed by atoms with Gasteiger partial charge in [-0.25, -0.2) is 0 Å². The SMILES string of the molecule is COC(=O)CCc1ccc(N2CC(CN)CC2=O)cc1. The lowest BCUT2D eigenvalue weighted by atomic mass is 10.1. The zero-order valence-corrected chi connectivity index (χ0v) is 11.7. The molecule has 1 aromatic rings. The first-order valence-electron chi connectivity index (χ1n) is 6.80. The molecule has 1 amide bonds. The van der Waals surface area contributed by atoms with Crippen LogP contribution >= 0.6 is 0 Å². The molecule has 0 radical (unpaired) electrons. The van der Waals surface area contributed by atoms with E-state index in [1.807, 2.05) is 24.3 Å². The van der Waals surface area contributed by atoms with Crippen molar-refractivity contribution < 1.29 is 14.3 Å². The molecule has 5 heteroatoms. The predicted octanol–water partition coefficient (Wildman–Crippen LogP) is 1.10. The number of hydrogen-bond donors (Lipinski definition) is 1. The van der Waals surface area contributed by atoms with Crippen LogP contribution in [-0.2, 0) is 20.7 Å². The lowest BCUT2D eigenvalue weighted by Crippen LogP contribution is -2.25. The van der Waals surface area contributed by atoms with E-state index in [9.17, 15) is 9.59 Å². The van der Waals surface area contributed by atoms with Crippen molar-refractivity contribution in [2.45, 2.75) is 19.3 Å². The third-order valence-corrected chi connectivity index (χ3v) is 3.63. The maximum Gasteiger partial charge on any atom is 0.305 e. The Hall–Kier alpha value is -1.88. The van der Waals surface area contributed by atoms with Crippen LogP contribution < -0.4 is 10.6 Å². The Bertz CT molecular complexity index is 484. The smallest absolute Gasteiger partial charge is 0.305 e. The Morgan fingerprint density at radius 3 is 2.65 bits per heavy atom. The molecule has 1 aromatic carbocycles. The number of aryl methyl sites for hydroxylation is 1. The normalized spacial score (nSPS) is 18.4. The number of esters is 1. The lowest BCUT2D eigenvalue weighted by Gasteiger charge is -2.17. The van der Waals surface area contributed by atoms with Gasteiger partial charge in [0.15, 0.2) is 0 Å². The highest BCUT2D eigenvalue weighted by atomic mass is 16.5. The van der Waals surface area contributed by atoms with Crippen LogP contribution in [0, 0.1) is 5.92 Å². The van der Waals surface area contributed by atoms with Crippen LogP contribution in [0.25, 0.3) is 0 Å². The number of amides is 1. The summed E-state index contributed by atoms with van der Waals surface area (Å²) in [7, 11) is 1.39. The number of anilines is 1. The third kappa shape index (κ3) is 3.36. The van der Waals surface area contributed by atoms with E-state index in [0.29, 0.717) is 32.4 Å². The van der Waals surface area contributed by atoms with Crippen LogP contribution in [0.2, 0.25) is 0 Å². The highest BCUT2D eigenvalue weighted by Gasteiger charge is 2.29. The van der Waals surface area contributed by atoms with Crippen molar-refractivity contribution in [3.8, 4) is 0 Å². The Morgan fingerprint density at radius 1 is 1.40 bits per heavy atom. The van der Waals surface area contributed by atoms with Gasteiger partial charge < -0.3 is 15.4 Å². The van der Waals surface area contributed by atoms with E-state index in [-0.39, 0.29) is 17.8 Å². The minimum absolute atomic E-state index is 0.128. The van der Waals surface area contributed by atoms with E-state index in [2.05, 4.69) is 4.74 Å². The predicted molar refractivity (Wildman–Crippen MR) is 76.3 cm³/mol. The van der Waals surface area contributed by atoms with Crippen LogP contribution in [0.3, 0.4) is 0 Å². The summed E-state index contributed by atoms with van der Waals surface area (Å²) >= 11 is 0. The quantitative estimate of drug-likeness (QED) is 0.817. The number of methoxy groups -OCH3 is 1. The maximum absolute atomic E-state index is 11.9. The fourth-order valence-corrected chi connectivity index (χ4v) is 2.38. The molecule has 2 N–H and O–H groups in total. The minimum Gasteiger partial charge on any atom is -0.469 e. The van der Waals surface area contributed by atoms with Crippen molar-refractivity contribution >= 4 is 17.6 Å². The van der Waals surface area contributed by atoms with E-state index in [1.165, 1.54) is 7.11 Å². The van der Waals surface area contributed by atoms with Gasteiger partial charge in [0.05, 0.1) is 7.11 Å². The first kappa shape index (κ1) is 14.5. The summed E-state index contributed by atoms with van der Waals surface area (Å²) in [5.74, 6) is 0.166. The van der Waals surface area contributed by atoms with Crippen molar-refractivity contribution in [3.05, 3.63) is 29.8 Å². The maximum atomic E-state index is 11.9. The molecule has 1 heterocycles. The van der Waals surface area contributed by atoms with Gasteiger partial charge in [-0.3, -0.25) is 9.59 Å². The van der Waals surface area contributed by atoms with Crippen LogP contribution in [0.15, 0.2) is 24.3 Å². The van der Waals surface area contributed by atoms with Crippen molar-refractivity contribution in [2.75, 3.05) is 25.1 Å². The van der Waals surface area contributed by atoms with Gasteiger partial charge in [-0.2, -0.15) is 0 Å². The Balaban J connectivity index is 1.98. The molecule has 0 saturated carbocycles. The number of benzene rings is 1. The molecule has 5 nitrogen and oxygen atoms in total. The molecule has 1 unspecified atom stereocenters. The summed E-state index contributed by atoms with van der Waals surface area (Å²) in [5, 5.41) is 0. The summed E-state index contributed by atoms with van der Waals surface area (Å²) in [6.45, 7) is 1.23. The average molecular weight is 276 g/mol. The highest BCUT2D eigenvalue weighted by molar-refractivity contribution is 5.95. The van der Waals surface area contributed by atoms with Crippen molar-refractivity contribution in [1.29, 1.82) is 0 Å². The number of nitrogens with two attached hydrogens (primary N) is 1. The fraction of sp³-hybridized carbons (Fsp3) is 0.467. The Labute approximate surface area is 118 Å². The summed E-state index contributed by atoms with van der Waals surface area (Å²) in [6, 6.07) is 7.73. The molecule has 2 rings (SSSR count). The van der Waals surface area contributed by atoms with E-state index in [4.69, 9.17) is 5.73 Å². The summed E-state index contributed by atoms with van der Waals surface area (Å²) in [5.41, 5.74) is 7.57. The van der Waals surface area contributed by atoms with E-state index < -0.39 is 0 Å². The molecule has 0 aromatic heterocycles. The summed E-state index contributed by atoms with van der Waals surface area (Å²) in [4.78, 5) is 24.8. The molecule has 0 spiro atoms. The molecular formula is C15H20N2O3. The van der Waals surface area contributed by atoms with E-state index in [0.717, 1.165) is 11.3 Å². The van der Waals surface area contributed by atoms with E-state index >= 15 is 0 Å². The topological polar surface area (TPSA) is 72.6 Å². The molecule has 1 fully saturated rings. The number of nitrogens with zero attached hydrogens (tertiary/aromatic N) is 1. The van der Waals surface area contributed by atoms with Crippen LogP contribution in [0.5, 0.6) is 0 Å². The molecule has 1 atom stereocenters. The van der Waals surface area contributed by atoms with Gasteiger partial charge in [0.25, 0.3) is 0 Å². The van der Waals surface area contributed by atoms with Crippen LogP contribution in [0.1, 0.15) is 18.4 Å². The fourth-order valence-electron chi connectivity index (χ4n) is 2.38. The Morgan fingerprint density at radius 2 is 2.10 bits per heavy atom. The van der Waals surface area contributed by atoms with Gasteiger partial charge in [-0.15, -0.1) is 0 Å². The zero-order chi connectivity index (χ0) is 14.5. The molecule has 108 valence electrons. The van der Waals surface area contributed by atoms with Crippen molar-refractivity contribution in [3.63, 3.8) is 0 Å². The highest BCUT2D eigenvalue weighted by Crippen LogP contribution is 2.25. The van der Waals surface area contributed by atoms with Crippen molar-refractivity contribution in [1.82, 2.24) is 0 Å². The van der Waals surface area contributed by atoms with E-state index in [1.54, 1.807) is 4.90 Å². The van der Waals surface area contributed by atoms with Gasteiger partial charge in [-0.05, 0) is 36.6 Å². The monoisotopic (exact) mass is 276 g/mol. The lowest BCUT2D eigenvalue weighted by molar-refractivity contribution is -0.140. The van der Waals surface area contributed by atoms with Crippen LogP contribution in [-0.4, -0.2) is 32.1 Å².